The minimum atomic E-state index is -0.653. The van der Waals surface area contributed by atoms with E-state index in [1.54, 1.807) is 18.2 Å². The smallest absolute Gasteiger partial charge is 0.152 e. The van der Waals surface area contributed by atoms with Crippen LogP contribution in [0.1, 0.15) is 17.4 Å². The molecule has 21 heavy (non-hydrogen) atoms. The molecule has 1 unspecified atom stereocenters. The average molecular weight is 308 g/mol. The van der Waals surface area contributed by atoms with Gasteiger partial charge in [-0.05, 0) is 24.3 Å². The summed E-state index contributed by atoms with van der Waals surface area (Å²) < 4.78 is 32.9. The molecule has 0 bridgehead atoms. The first-order chi connectivity index (χ1) is 10.1. The molecule has 0 aliphatic carbocycles. The Bertz CT molecular complexity index is 780. The lowest BCUT2D eigenvalue weighted by atomic mass is 10.0. The van der Waals surface area contributed by atoms with Crippen LogP contribution in [0.2, 0.25) is 5.02 Å². The zero-order valence-corrected chi connectivity index (χ0v) is 11.7. The Morgan fingerprint density at radius 3 is 2.43 bits per heavy atom. The Morgan fingerprint density at radius 1 is 1.10 bits per heavy atom. The van der Waals surface area contributed by atoms with E-state index in [0.29, 0.717) is 16.4 Å². The van der Waals surface area contributed by atoms with Crippen molar-refractivity contribution in [2.45, 2.75) is 12.5 Å². The number of halogens is 3. The first-order valence-electron chi connectivity index (χ1n) is 6.42. The van der Waals surface area contributed by atoms with E-state index in [2.05, 4.69) is 0 Å². The Balaban J connectivity index is 1.94. The van der Waals surface area contributed by atoms with E-state index in [9.17, 15) is 8.78 Å². The molecule has 3 rings (SSSR count). The third-order valence-corrected chi connectivity index (χ3v) is 3.66. The summed E-state index contributed by atoms with van der Waals surface area (Å²) in [6.45, 7) is 0. The van der Waals surface area contributed by atoms with E-state index >= 15 is 0 Å². The van der Waals surface area contributed by atoms with Gasteiger partial charge in [-0.15, -0.1) is 0 Å². The van der Waals surface area contributed by atoms with Gasteiger partial charge in [-0.1, -0.05) is 29.8 Å². The monoisotopic (exact) mass is 307 g/mol. The summed E-state index contributed by atoms with van der Waals surface area (Å²) in [6.07, 6.45) is 0.00987. The lowest BCUT2D eigenvalue weighted by Gasteiger charge is -2.10. The maximum absolute atomic E-state index is 13.6. The minimum absolute atomic E-state index is 0.00987. The minimum Gasteiger partial charge on any atom is -0.458 e. The first-order valence-corrected chi connectivity index (χ1v) is 6.80. The molecule has 0 aliphatic rings. The summed E-state index contributed by atoms with van der Waals surface area (Å²) in [6, 6.07) is 10.2. The Hall–Kier alpha value is -1.91. The van der Waals surface area contributed by atoms with E-state index in [0.717, 1.165) is 5.39 Å². The van der Waals surface area contributed by atoms with Crippen molar-refractivity contribution >= 4 is 22.6 Å². The van der Waals surface area contributed by atoms with Crippen molar-refractivity contribution in [1.29, 1.82) is 0 Å². The molecule has 0 spiro atoms. The highest BCUT2D eigenvalue weighted by Gasteiger charge is 2.18. The molecule has 0 saturated carbocycles. The van der Waals surface area contributed by atoms with Crippen molar-refractivity contribution in [2.75, 3.05) is 0 Å². The summed E-state index contributed by atoms with van der Waals surface area (Å²) >= 11 is 6.03. The van der Waals surface area contributed by atoms with Crippen molar-refractivity contribution < 1.29 is 13.2 Å². The molecule has 2 nitrogen and oxygen atoms in total. The van der Waals surface area contributed by atoms with Gasteiger partial charge in [0.1, 0.15) is 17.4 Å². The summed E-state index contributed by atoms with van der Waals surface area (Å²) in [5, 5.41) is 1.28. The van der Waals surface area contributed by atoms with Crippen LogP contribution < -0.4 is 5.73 Å². The lowest BCUT2D eigenvalue weighted by Crippen LogP contribution is -2.14. The predicted octanol–water partition coefficient (Wildman–Crippen LogP) is 4.61. The number of benzene rings is 2. The van der Waals surface area contributed by atoms with Gasteiger partial charge in [0.2, 0.25) is 0 Å². The highest BCUT2D eigenvalue weighted by atomic mass is 35.5. The second-order valence-corrected chi connectivity index (χ2v) is 5.22. The maximum Gasteiger partial charge on any atom is 0.152 e. The summed E-state index contributed by atoms with van der Waals surface area (Å²) in [7, 11) is 0. The molecule has 1 atom stereocenters. The molecule has 0 saturated heterocycles. The molecule has 108 valence electrons. The molecule has 2 aromatic carbocycles. The van der Waals surface area contributed by atoms with Gasteiger partial charge in [0.15, 0.2) is 5.58 Å². The number of hydrogen-bond donors (Lipinski definition) is 1. The second-order valence-electron chi connectivity index (χ2n) is 4.82. The Labute approximate surface area is 125 Å². The Morgan fingerprint density at radius 2 is 1.76 bits per heavy atom. The van der Waals surface area contributed by atoms with Crippen molar-refractivity contribution in [3.8, 4) is 0 Å². The number of hydrogen-bond acceptors (Lipinski definition) is 2. The van der Waals surface area contributed by atoms with Crippen LogP contribution in [0.5, 0.6) is 0 Å². The molecule has 0 fully saturated rings. The van der Waals surface area contributed by atoms with Crippen molar-refractivity contribution in [1.82, 2.24) is 0 Å². The zero-order valence-electron chi connectivity index (χ0n) is 10.9. The van der Waals surface area contributed by atoms with Crippen LogP contribution in [0.4, 0.5) is 8.78 Å². The highest BCUT2D eigenvalue weighted by molar-refractivity contribution is 6.34. The van der Waals surface area contributed by atoms with Crippen LogP contribution in [0.25, 0.3) is 11.0 Å². The van der Waals surface area contributed by atoms with E-state index in [1.807, 2.05) is 6.07 Å². The fraction of sp³-hybridized carbons (Fsp3) is 0.125. The number of fused-ring (bicyclic) bond motifs is 1. The molecular weight excluding hydrogens is 296 g/mol. The zero-order chi connectivity index (χ0) is 15.0. The molecule has 5 heteroatoms. The van der Waals surface area contributed by atoms with Crippen molar-refractivity contribution in [3.63, 3.8) is 0 Å². The standard InChI is InChI=1S/C16H12ClF2NO/c17-11-4-1-3-9-7-15(21-16(9)11)14(20)8-10-12(18)5-2-6-13(10)19/h1-7,14H,8,20H2. The van der Waals surface area contributed by atoms with Crippen LogP contribution in [0.3, 0.4) is 0 Å². The number of furan rings is 1. The fourth-order valence-corrected chi connectivity index (χ4v) is 2.50. The van der Waals surface area contributed by atoms with Gasteiger partial charge < -0.3 is 10.2 Å². The fourth-order valence-electron chi connectivity index (χ4n) is 2.28. The summed E-state index contributed by atoms with van der Waals surface area (Å²) in [4.78, 5) is 0. The van der Waals surface area contributed by atoms with E-state index < -0.39 is 17.7 Å². The number of rotatable bonds is 3. The topological polar surface area (TPSA) is 39.2 Å². The molecule has 0 amide bonds. The van der Waals surface area contributed by atoms with Crippen LogP contribution in [0, 0.1) is 11.6 Å². The molecule has 1 aromatic heterocycles. The average Bonchev–Trinajstić information content (AvgIpc) is 2.88. The third-order valence-electron chi connectivity index (χ3n) is 3.37. The third kappa shape index (κ3) is 2.64. The first kappa shape index (κ1) is 14.0. The van der Waals surface area contributed by atoms with Gasteiger partial charge in [-0.2, -0.15) is 0 Å². The number of nitrogens with two attached hydrogens (primary N) is 1. The Kier molecular flexibility index (Phi) is 3.66. The van der Waals surface area contributed by atoms with Gasteiger partial charge in [-0.3, -0.25) is 0 Å². The van der Waals surface area contributed by atoms with Crippen LogP contribution in [-0.4, -0.2) is 0 Å². The predicted molar refractivity (Wildman–Crippen MR) is 78.2 cm³/mol. The SMILES string of the molecule is NC(Cc1c(F)cccc1F)c1cc2cccc(Cl)c2o1. The largest absolute Gasteiger partial charge is 0.458 e. The van der Waals surface area contributed by atoms with Crippen LogP contribution in [-0.2, 0) is 6.42 Å². The van der Waals surface area contributed by atoms with Gasteiger partial charge in [-0.25, -0.2) is 8.78 Å². The van der Waals surface area contributed by atoms with E-state index in [-0.39, 0.29) is 12.0 Å². The van der Waals surface area contributed by atoms with Crippen molar-refractivity contribution in [2.24, 2.45) is 5.73 Å². The number of para-hydroxylation sites is 1. The molecule has 2 N–H and O–H groups in total. The van der Waals surface area contributed by atoms with Gasteiger partial charge in [0.05, 0.1) is 11.1 Å². The molecule has 0 aliphatic heterocycles. The molecule has 3 aromatic rings. The second kappa shape index (κ2) is 5.47. The summed E-state index contributed by atoms with van der Waals surface area (Å²) in [5.41, 5.74) is 6.49. The summed E-state index contributed by atoms with van der Waals surface area (Å²) in [5.74, 6) is -0.778. The molecular formula is C16H12ClF2NO. The quantitative estimate of drug-likeness (QED) is 0.767. The normalized spacial score (nSPS) is 12.8. The van der Waals surface area contributed by atoms with E-state index in [4.69, 9.17) is 21.8 Å². The lowest BCUT2D eigenvalue weighted by molar-refractivity contribution is 0.476. The molecule has 1 heterocycles. The maximum atomic E-state index is 13.6. The van der Waals surface area contributed by atoms with Gasteiger partial charge in [0.25, 0.3) is 0 Å². The molecule has 0 radical (unpaired) electrons. The van der Waals surface area contributed by atoms with Gasteiger partial charge >= 0.3 is 0 Å². The van der Waals surface area contributed by atoms with E-state index in [1.165, 1.54) is 18.2 Å². The van der Waals surface area contributed by atoms with Crippen molar-refractivity contribution in [3.05, 3.63) is 70.4 Å². The van der Waals surface area contributed by atoms with Crippen LogP contribution >= 0.6 is 11.6 Å². The van der Waals surface area contributed by atoms with Crippen LogP contribution in [0.15, 0.2) is 46.9 Å². The van der Waals surface area contributed by atoms with Gasteiger partial charge in [0, 0.05) is 17.4 Å². The highest BCUT2D eigenvalue weighted by Crippen LogP contribution is 2.30.